The maximum absolute atomic E-state index is 6.58. The maximum atomic E-state index is 6.58. The molecule has 1 N–H and O–H groups in total. The SMILES string of the molecule is c1ccc(C2=NC(c3ccccc3)NC(n3c4ccccc4c4cc(-c5cccc6oc7ccc(-c8ccc9c%10ccccc%10n(-c%10ccccc%10)c9c8)cc7c56)ccc43)=N2)cc1. The third-order valence-electron chi connectivity index (χ3n) is 12.6. The van der Waals surface area contributed by atoms with Crippen LogP contribution in [-0.4, -0.2) is 20.9 Å². The topological polar surface area (TPSA) is 59.8 Å². The van der Waals surface area contributed by atoms with E-state index in [-0.39, 0.29) is 6.17 Å². The molecule has 0 saturated heterocycles. The van der Waals surface area contributed by atoms with Crippen LogP contribution in [0.4, 0.5) is 0 Å². The van der Waals surface area contributed by atoms with Crippen molar-refractivity contribution in [2.75, 3.05) is 0 Å². The Bertz CT molecular complexity index is 3820. The van der Waals surface area contributed by atoms with E-state index >= 15 is 0 Å². The molecular formula is C57H37N5O. The lowest BCUT2D eigenvalue weighted by molar-refractivity contribution is 0.661. The van der Waals surface area contributed by atoms with Gasteiger partial charge in [0.15, 0.2) is 5.84 Å². The Labute approximate surface area is 362 Å². The molecule has 0 bridgehead atoms. The summed E-state index contributed by atoms with van der Waals surface area (Å²) in [5, 5.41) is 10.7. The fourth-order valence-corrected chi connectivity index (χ4v) is 9.69. The minimum absolute atomic E-state index is 0.308. The number of benzene rings is 9. The molecular weight excluding hydrogens is 771 g/mol. The molecule has 0 radical (unpaired) electrons. The van der Waals surface area contributed by atoms with Crippen molar-refractivity contribution < 1.29 is 4.42 Å². The van der Waals surface area contributed by atoms with Gasteiger partial charge in [0.1, 0.15) is 17.3 Å². The highest BCUT2D eigenvalue weighted by Gasteiger charge is 2.25. The zero-order valence-electron chi connectivity index (χ0n) is 34.0. The maximum Gasteiger partial charge on any atom is 0.211 e. The molecule has 0 spiro atoms. The van der Waals surface area contributed by atoms with Gasteiger partial charge in [-0.1, -0.05) is 152 Å². The summed E-state index contributed by atoms with van der Waals surface area (Å²) < 4.78 is 11.2. The molecule has 1 aliphatic heterocycles. The molecule has 0 amide bonds. The number of aromatic nitrogens is 2. The van der Waals surface area contributed by atoms with Gasteiger partial charge in [-0.2, -0.15) is 4.99 Å². The van der Waals surface area contributed by atoms with Gasteiger partial charge >= 0.3 is 0 Å². The van der Waals surface area contributed by atoms with Crippen LogP contribution in [0, 0.1) is 0 Å². The van der Waals surface area contributed by atoms with E-state index < -0.39 is 0 Å². The highest BCUT2D eigenvalue weighted by molar-refractivity contribution is 6.19. The molecule has 13 rings (SSSR count). The first-order chi connectivity index (χ1) is 31.2. The highest BCUT2D eigenvalue weighted by atomic mass is 16.3. The largest absolute Gasteiger partial charge is 0.456 e. The summed E-state index contributed by atoms with van der Waals surface area (Å²) in [5.74, 6) is 1.42. The Morgan fingerprint density at radius 1 is 0.413 bits per heavy atom. The molecule has 0 aliphatic carbocycles. The van der Waals surface area contributed by atoms with E-state index in [1.807, 2.05) is 24.3 Å². The van der Waals surface area contributed by atoms with Gasteiger partial charge in [-0.25, -0.2) is 4.99 Å². The Morgan fingerprint density at radius 3 is 1.84 bits per heavy atom. The van der Waals surface area contributed by atoms with E-state index in [2.05, 4.69) is 203 Å². The van der Waals surface area contributed by atoms with E-state index in [1.165, 1.54) is 21.8 Å². The van der Waals surface area contributed by atoms with Crippen molar-refractivity contribution in [3.8, 4) is 27.9 Å². The first-order valence-corrected chi connectivity index (χ1v) is 21.4. The molecule has 4 heterocycles. The van der Waals surface area contributed by atoms with Crippen molar-refractivity contribution in [1.82, 2.24) is 14.5 Å². The van der Waals surface area contributed by atoms with E-state index in [4.69, 9.17) is 14.4 Å². The van der Waals surface area contributed by atoms with Gasteiger partial charge in [-0.15, -0.1) is 0 Å². The summed E-state index contributed by atoms with van der Waals surface area (Å²) in [6, 6.07) is 75.1. The minimum Gasteiger partial charge on any atom is -0.456 e. The molecule has 1 atom stereocenters. The molecule has 3 aromatic heterocycles. The lowest BCUT2D eigenvalue weighted by Gasteiger charge is -2.24. The Balaban J connectivity index is 0.956. The average molecular weight is 808 g/mol. The van der Waals surface area contributed by atoms with Crippen LogP contribution >= 0.6 is 0 Å². The van der Waals surface area contributed by atoms with Crippen LogP contribution < -0.4 is 5.32 Å². The van der Waals surface area contributed by atoms with E-state index in [9.17, 15) is 0 Å². The third-order valence-corrected chi connectivity index (χ3v) is 12.6. The number of fused-ring (bicyclic) bond motifs is 9. The highest BCUT2D eigenvalue weighted by Crippen LogP contribution is 2.42. The van der Waals surface area contributed by atoms with Crippen molar-refractivity contribution in [2.24, 2.45) is 9.98 Å². The van der Waals surface area contributed by atoms with Gasteiger partial charge < -0.3 is 14.3 Å². The number of aliphatic imine (C=N–C) groups is 2. The lowest BCUT2D eigenvalue weighted by Crippen LogP contribution is -2.37. The van der Waals surface area contributed by atoms with Crippen LogP contribution in [0.3, 0.4) is 0 Å². The summed E-state index contributed by atoms with van der Waals surface area (Å²) in [7, 11) is 0. The fourth-order valence-electron chi connectivity index (χ4n) is 9.69. The van der Waals surface area contributed by atoms with E-state index in [1.54, 1.807) is 0 Å². The molecule has 0 saturated carbocycles. The Morgan fingerprint density at radius 2 is 1.03 bits per heavy atom. The van der Waals surface area contributed by atoms with Crippen LogP contribution in [0.25, 0.3) is 93.5 Å². The van der Waals surface area contributed by atoms with Crippen LogP contribution in [0.15, 0.2) is 227 Å². The molecule has 0 fully saturated rings. The number of furan rings is 1. The van der Waals surface area contributed by atoms with Crippen LogP contribution in [0.5, 0.6) is 0 Å². The molecule has 9 aromatic carbocycles. The predicted molar refractivity (Wildman–Crippen MR) is 260 cm³/mol. The molecule has 1 aliphatic rings. The smallest absolute Gasteiger partial charge is 0.211 e. The molecule has 1 unspecified atom stereocenters. The van der Waals surface area contributed by atoms with Crippen molar-refractivity contribution in [2.45, 2.75) is 6.17 Å². The van der Waals surface area contributed by atoms with E-state index in [0.717, 1.165) is 88.8 Å². The van der Waals surface area contributed by atoms with Crippen LogP contribution in [-0.2, 0) is 0 Å². The number of nitrogens with zero attached hydrogens (tertiary/aromatic N) is 4. The van der Waals surface area contributed by atoms with Crippen molar-refractivity contribution in [1.29, 1.82) is 0 Å². The van der Waals surface area contributed by atoms with Gasteiger partial charge in [0.05, 0.1) is 22.1 Å². The standard InChI is InChI=1S/C57H37N5O/c1-4-15-36(16-5-1)55-58-56(37-17-6-2-7-18-37)60-57(59-55)62-49-25-13-11-22-44(49)46-34-40(28-31-50(46)62)42-23-14-26-53-54(42)47-33-38(29-32-52(47)63-53)39-27-30-45-43-21-10-12-24-48(43)61(51(45)35-39)41-19-8-3-9-20-41/h1-35,55H,(H,58,59,60). The molecule has 6 heteroatoms. The zero-order valence-corrected chi connectivity index (χ0v) is 34.0. The number of hydrogen-bond acceptors (Lipinski definition) is 4. The summed E-state index contributed by atoms with van der Waals surface area (Å²) in [5.41, 5.74) is 13.9. The number of para-hydroxylation sites is 3. The average Bonchev–Trinajstić information content (AvgIpc) is 4.01. The van der Waals surface area contributed by atoms with E-state index in [0.29, 0.717) is 5.84 Å². The van der Waals surface area contributed by atoms with Gasteiger partial charge in [-0.3, -0.25) is 4.57 Å². The quantitative estimate of drug-likeness (QED) is 0.188. The summed E-state index contributed by atoms with van der Waals surface area (Å²) in [4.78, 5) is 10.3. The molecule has 6 nitrogen and oxygen atoms in total. The number of amidine groups is 1. The van der Waals surface area contributed by atoms with Gasteiger partial charge in [0.25, 0.3) is 0 Å². The van der Waals surface area contributed by atoms with Crippen LogP contribution in [0.1, 0.15) is 17.3 Å². The molecule has 12 aromatic rings. The molecule has 63 heavy (non-hydrogen) atoms. The second-order valence-electron chi connectivity index (χ2n) is 16.2. The first kappa shape index (κ1) is 35.3. The second kappa shape index (κ2) is 14.0. The first-order valence-electron chi connectivity index (χ1n) is 21.4. The third kappa shape index (κ3) is 5.65. The minimum atomic E-state index is -0.308. The number of nitrogens with one attached hydrogen (secondary N) is 1. The van der Waals surface area contributed by atoms with Crippen molar-refractivity contribution in [3.63, 3.8) is 0 Å². The Kier molecular flexibility index (Phi) is 7.87. The van der Waals surface area contributed by atoms with Gasteiger partial charge in [-0.05, 0) is 88.5 Å². The summed E-state index contributed by atoms with van der Waals surface area (Å²) in [6.45, 7) is 0. The summed E-state index contributed by atoms with van der Waals surface area (Å²) in [6.07, 6.45) is -0.308. The van der Waals surface area contributed by atoms with Crippen LogP contribution in [0.2, 0.25) is 0 Å². The normalized spacial score (nSPS) is 14.2. The summed E-state index contributed by atoms with van der Waals surface area (Å²) >= 11 is 0. The number of rotatable bonds is 5. The van der Waals surface area contributed by atoms with Crippen molar-refractivity contribution >= 4 is 77.3 Å². The lowest BCUT2D eigenvalue weighted by atomic mass is 9.96. The zero-order chi connectivity index (χ0) is 41.4. The molecule has 296 valence electrons. The number of hydrogen-bond donors (Lipinski definition) is 1. The Hall–Kier alpha value is -8.48. The van der Waals surface area contributed by atoms with Gasteiger partial charge in [0, 0.05) is 43.6 Å². The van der Waals surface area contributed by atoms with Gasteiger partial charge in [0.2, 0.25) is 5.96 Å². The predicted octanol–water partition coefficient (Wildman–Crippen LogP) is 14.1. The monoisotopic (exact) mass is 807 g/mol. The van der Waals surface area contributed by atoms with Crippen molar-refractivity contribution in [3.05, 3.63) is 223 Å². The fraction of sp³-hybridized carbons (Fsp3) is 0.0175. The second-order valence-corrected chi connectivity index (χ2v) is 16.2.